The standard InChI is InChI=1S/C33H24Cl2N2O3/c34-32-22-15-7-8-16-23(22)33(35,25-18-10-9-17-24(25)32)28-27(32)30(39)37(31(28)40)26(19-20-11-3-1-4-12-20)29(38)36-21-13-5-2-6-14-21/h1-18,26-28H,19H2,(H,36,38)/t26-,27-,28+,32?,33?/m0/s1. The van der Waals surface area contributed by atoms with Gasteiger partial charge < -0.3 is 5.32 Å². The number of imide groups is 1. The number of halogens is 2. The number of rotatable bonds is 5. The first-order chi connectivity index (χ1) is 19.4. The molecule has 5 nitrogen and oxygen atoms in total. The molecule has 1 heterocycles. The van der Waals surface area contributed by atoms with Crippen LogP contribution in [0.2, 0.25) is 0 Å². The number of likely N-dealkylation sites (tertiary alicyclic amines) is 1. The zero-order valence-corrected chi connectivity index (χ0v) is 22.8. The number of alkyl halides is 2. The molecule has 0 spiro atoms. The normalized spacial score (nSPS) is 26.6. The molecule has 40 heavy (non-hydrogen) atoms. The fraction of sp³-hybridized carbons (Fsp3) is 0.182. The minimum Gasteiger partial charge on any atom is -0.324 e. The van der Waals surface area contributed by atoms with Gasteiger partial charge in [0.15, 0.2) is 0 Å². The highest BCUT2D eigenvalue weighted by Crippen LogP contribution is 2.69. The molecule has 3 aliphatic carbocycles. The van der Waals surface area contributed by atoms with Gasteiger partial charge in [0.1, 0.15) is 15.8 Å². The largest absolute Gasteiger partial charge is 0.324 e. The van der Waals surface area contributed by atoms with Crippen LogP contribution in [0.15, 0.2) is 109 Å². The third-order valence-corrected chi connectivity index (χ3v) is 9.83. The lowest BCUT2D eigenvalue weighted by Gasteiger charge is -2.54. The highest BCUT2D eigenvalue weighted by Gasteiger charge is 2.73. The van der Waals surface area contributed by atoms with Gasteiger partial charge in [-0.1, -0.05) is 97.1 Å². The highest BCUT2D eigenvalue weighted by molar-refractivity contribution is 6.36. The van der Waals surface area contributed by atoms with Gasteiger partial charge >= 0.3 is 0 Å². The number of benzene rings is 4. The number of nitrogens with one attached hydrogen (secondary N) is 1. The first-order valence-electron chi connectivity index (χ1n) is 13.2. The molecule has 1 fully saturated rings. The van der Waals surface area contributed by atoms with E-state index in [9.17, 15) is 14.4 Å². The molecule has 2 bridgehead atoms. The Morgan fingerprint density at radius 1 is 0.675 bits per heavy atom. The summed E-state index contributed by atoms with van der Waals surface area (Å²) in [5.41, 5.74) is 4.29. The van der Waals surface area contributed by atoms with Crippen molar-refractivity contribution in [3.63, 3.8) is 0 Å². The topological polar surface area (TPSA) is 66.5 Å². The molecule has 1 aliphatic heterocycles. The van der Waals surface area contributed by atoms with Gasteiger partial charge in [0.05, 0.1) is 11.8 Å². The van der Waals surface area contributed by atoms with Gasteiger partial charge in [-0.25, -0.2) is 0 Å². The number of para-hydroxylation sites is 1. The Hall–Kier alpha value is -3.93. The zero-order valence-electron chi connectivity index (χ0n) is 21.3. The van der Waals surface area contributed by atoms with E-state index in [4.69, 9.17) is 23.2 Å². The lowest BCUT2D eigenvalue weighted by atomic mass is 9.54. The summed E-state index contributed by atoms with van der Waals surface area (Å²) >= 11 is 15.1. The SMILES string of the molecule is O=C(Nc1ccccc1)[C@H](Cc1ccccc1)N1C(=O)[C@@H]2[C@H](C1=O)C1(Cl)c3ccccc3C2(Cl)c2ccccc21. The van der Waals surface area contributed by atoms with Crippen molar-refractivity contribution in [2.75, 3.05) is 5.32 Å². The van der Waals surface area contributed by atoms with Gasteiger partial charge in [-0.2, -0.15) is 0 Å². The molecule has 3 atom stereocenters. The smallest absolute Gasteiger partial charge is 0.248 e. The summed E-state index contributed by atoms with van der Waals surface area (Å²) in [6.45, 7) is 0. The number of nitrogens with zero attached hydrogens (tertiary/aromatic N) is 1. The zero-order chi connectivity index (χ0) is 27.6. The Labute approximate surface area is 241 Å². The van der Waals surface area contributed by atoms with E-state index >= 15 is 0 Å². The molecular weight excluding hydrogens is 543 g/mol. The van der Waals surface area contributed by atoms with Crippen molar-refractivity contribution < 1.29 is 14.4 Å². The van der Waals surface area contributed by atoms with Crippen molar-refractivity contribution >= 4 is 46.6 Å². The van der Waals surface area contributed by atoms with Crippen LogP contribution in [0.4, 0.5) is 5.69 Å². The molecular formula is C33H24Cl2N2O3. The molecule has 4 aromatic carbocycles. The van der Waals surface area contributed by atoms with Crippen LogP contribution in [-0.4, -0.2) is 28.7 Å². The Balaban J connectivity index is 1.37. The number of carbonyl (C=O) groups is 3. The maximum absolute atomic E-state index is 14.5. The van der Waals surface area contributed by atoms with Crippen molar-refractivity contribution in [2.24, 2.45) is 11.8 Å². The number of amides is 3. The first-order valence-corrected chi connectivity index (χ1v) is 14.0. The molecule has 8 rings (SSSR count). The minimum absolute atomic E-state index is 0.154. The monoisotopic (exact) mass is 566 g/mol. The predicted molar refractivity (Wildman–Crippen MR) is 154 cm³/mol. The summed E-state index contributed by atoms with van der Waals surface area (Å²) in [7, 11) is 0. The summed E-state index contributed by atoms with van der Waals surface area (Å²) in [6.07, 6.45) is 0.154. The first kappa shape index (κ1) is 25.1. The van der Waals surface area contributed by atoms with E-state index in [2.05, 4.69) is 5.32 Å². The molecule has 1 N–H and O–H groups in total. The van der Waals surface area contributed by atoms with Crippen molar-refractivity contribution in [1.82, 2.24) is 4.90 Å². The summed E-state index contributed by atoms with van der Waals surface area (Å²) < 4.78 is 0. The second kappa shape index (κ2) is 9.05. The summed E-state index contributed by atoms with van der Waals surface area (Å²) in [5, 5.41) is 2.90. The van der Waals surface area contributed by atoms with E-state index in [-0.39, 0.29) is 6.42 Å². The lowest BCUT2D eigenvalue weighted by Crippen LogP contribution is -2.57. The molecule has 0 radical (unpaired) electrons. The van der Waals surface area contributed by atoms with Gasteiger partial charge in [0.25, 0.3) is 0 Å². The number of carbonyl (C=O) groups excluding carboxylic acids is 3. The van der Waals surface area contributed by atoms with Crippen LogP contribution >= 0.6 is 23.2 Å². The van der Waals surface area contributed by atoms with Crippen LogP contribution in [0.5, 0.6) is 0 Å². The molecule has 0 unspecified atom stereocenters. The van der Waals surface area contributed by atoms with Crippen molar-refractivity contribution in [3.05, 3.63) is 137 Å². The second-order valence-corrected chi connectivity index (χ2v) is 11.8. The third-order valence-electron chi connectivity index (χ3n) is 8.55. The molecule has 0 saturated carbocycles. The fourth-order valence-electron chi connectivity index (χ4n) is 6.88. The van der Waals surface area contributed by atoms with Gasteiger partial charge in [-0.05, 0) is 39.9 Å². The maximum Gasteiger partial charge on any atom is 0.248 e. The minimum atomic E-state index is -1.30. The van der Waals surface area contributed by atoms with E-state index in [0.717, 1.165) is 32.7 Å². The Morgan fingerprint density at radius 3 is 1.52 bits per heavy atom. The van der Waals surface area contributed by atoms with Crippen molar-refractivity contribution in [2.45, 2.75) is 22.2 Å². The van der Waals surface area contributed by atoms with Crippen LogP contribution in [0.25, 0.3) is 0 Å². The summed E-state index contributed by atoms with van der Waals surface area (Å²) in [5.74, 6) is -3.35. The number of hydrogen-bond donors (Lipinski definition) is 1. The Bertz CT molecular complexity index is 1550. The van der Waals surface area contributed by atoms with Crippen molar-refractivity contribution in [1.29, 1.82) is 0 Å². The molecule has 198 valence electrons. The second-order valence-electron chi connectivity index (χ2n) is 10.6. The lowest BCUT2D eigenvalue weighted by molar-refractivity contribution is -0.146. The van der Waals surface area contributed by atoms with E-state index in [1.165, 1.54) is 0 Å². The average molecular weight is 567 g/mol. The number of hydrogen-bond acceptors (Lipinski definition) is 3. The molecule has 4 aromatic rings. The van der Waals surface area contributed by atoms with Crippen molar-refractivity contribution in [3.8, 4) is 0 Å². The number of anilines is 1. The fourth-order valence-corrected chi connectivity index (χ4v) is 7.98. The Kier molecular flexibility index (Phi) is 5.67. The quantitative estimate of drug-likeness (QED) is 0.244. The predicted octanol–water partition coefficient (Wildman–Crippen LogP) is 5.83. The van der Waals surface area contributed by atoms with E-state index in [0.29, 0.717) is 5.69 Å². The van der Waals surface area contributed by atoms with Crippen LogP contribution in [-0.2, 0) is 30.6 Å². The molecule has 7 heteroatoms. The molecule has 4 aliphatic rings. The van der Waals surface area contributed by atoms with E-state index < -0.39 is 45.3 Å². The van der Waals surface area contributed by atoms with Gasteiger partial charge in [0, 0.05) is 12.1 Å². The summed E-state index contributed by atoms with van der Waals surface area (Å²) in [6, 6.07) is 32.3. The van der Waals surface area contributed by atoms with Crippen LogP contribution < -0.4 is 5.32 Å². The van der Waals surface area contributed by atoms with E-state index in [1.807, 2.05) is 97.1 Å². The van der Waals surface area contributed by atoms with Gasteiger partial charge in [-0.15, -0.1) is 23.2 Å². The van der Waals surface area contributed by atoms with Crippen LogP contribution in [0.1, 0.15) is 27.8 Å². The van der Waals surface area contributed by atoms with Crippen LogP contribution in [0.3, 0.4) is 0 Å². The van der Waals surface area contributed by atoms with Crippen LogP contribution in [0, 0.1) is 11.8 Å². The van der Waals surface area contributed by atoms with E-state index in [1.54, 1.807) is 12.1 Å². The van der Waals surface area contributed by atoms with Gasteiger partial charge in [0.2, 0.25) is 17.7 Å². The molecule has 0 aromatic heterocycles. The third kappa shape index (κ3) is 3.31. The highest BCUT2D eigenvalue weighted by atomic mass is 35.5. The Morgan fingerprint density at radius 2 is 1.07 bits per heavy atom. The average Bonchev–Trinajstić information content (AvgIpc) is 3.26. The maximum atomic E-state index is 14.5. The molecule has 1 saturated heterocycles. The summed E-state index contributed by atoms with van der Waals surface area (Å²) in [4.78, 5) is 41.3. The van der Waals surface area contributed by atoms with Gasteiger partial charge in [-0.3, -0.25) is 19.3 Å². The molecule has 3 amide bonds.